The van der Waals surface area contributed by atoms with Gasteiger partial charge < -0.3 is 4.74 Å². The summed E-state index contributed by atoms with van der Waals surface area (Å²) in [7, 11) is 0. The van der Waals surface area contributed by atoms with Gasteiger partial charge in [-0.1, -0.05) is 13.8 Å². The first-order chi connectivity index (χ1) is 7.85. The summed E-state index contributed by atoms with van der Waals surface area (Å²) in [6.07, 6.45) is 0. The minimum atomic E-state index is -0.441. The number of rotatable bonds is 5. The zero-order chi connectivity index (χ0) is 13.1. The van der Waals surface area contributed by atoms with E-state index < -0.39 is 4.92 Å². The van der Waals surface area contributed by atoms with E-state index in [1.807, 2.05) is 13.8 Å². The molecule has 1 aromatic rings. The van der Waals surface area contributed by atoms with Crippen LogP contribution < -0.4 is 4.74 Å². The molecule has 0 aliphatic carbocycles. The van der Waals surface area contributed by atoms with E-state index in [4.69, 9.17) is 4.74 Å². The minimum absolute atomic E-state index is 0.0203. The van der Waals surface area contributed by atoms with Crippen molar-refractivity contribution in [2.24, 2.45) is 5.41 Å². The van der Waals surface area contributed by atoms with Crippen LogP contribution >= 0.6 is 28.6 Å². The number of nitrogens with zero attached hydrogens (tertiary/aromatic N) is 1. The van der Waals surface area contributed by atoms with E-state index in [0.717, 1.165) is 0 Å². The first kappa shape index (κ1) is 14.3. The number of ether oxygens (including phenoxy) is 1. The Morgan fingerprint density at radius 3 is 2.71 bits per heavy atom. The number of benzene rings is 1. The van der Waals surface area contributed by atoms with Crippen molar-refractivity contribution >= 4 is 34.2 Å². The molecule has 6 heteroatoms. The van der Waals surface area contributed by atoms with Crippen molar-refractivity contribution in [2.45, 2.75) is 13.8 Å². The number of thiol groups is 1. The summed E-state index contributed by atoms with van der Waals surface area (Å²) in [4.78, 5) is 10.2. The molecule has 0 heterocycles. The van der Waals surface area contributed by atoms with Crippen molar-refractivity contribution in [1.29, 1.82) is 0 Å². The number of halogens is 1. The second kappa shape index (κ2) is 5.73. The fourth-order valence-electron chi connectivity index (χ4n) is 1.03. The maximum absolute atomic E-state index is 10.6. The van der Waals surface area contributed by atoms with Gasteiger partial charge >= 0.3 is 0 Å². The average Bonchev–Trinajstić information content (AvgIpc) is 2.27. The van der Waals surface area contributed by atoms with E-state index in [1.165, 1.54) is 12.1 Å². The molecule has 94 valence electrons. The van der Waals surface area contributed by atoms with Gasteiger partial charge in [0.2, 0.25) is 0 Å². The molecule has 0 saturated carbocycles. The van der Waals surface area contributed by atoms with Crippen molar-refractivity contribution in [3.63, 3.8) is 0 Å². The van der Waals surface area contributed by atoms with Gasteiger partial charge in [0.1, 0.15) is 5.75 Å². The predicted molar refractivity (Wildman–Crippen MR) is 73.9 cm³/mol. The highest BCUT2D eigenvalue weighted by atomic mass is 79.9. The van der Waals surface area contributed by atoms with Crippen LogP contribution in [0.2, 0.25) is 0 Å². The van der Waals surface area contributed by atoms with Gasteiger partial charge in [0.15, 0.2) is 0 Å². The molecular weight excluding hydrogens is 306 g/mol. The Bertz CT molecular complexity index is 423. The Morgan fingerprint density at radius 2 is 2.18 bits per heavy atom. The van der Waals surface area contributed by atoms with Gasteiger partial charge in [-0.15, -0.1) is 0 Å². The standard InChI is InChI=1S/C11H14BrNO3S/c1-11(2,7-17)6-16-10-5-8(13(14)15)3-4-9(10)12/h3-5,17H,6-7H2,1-2H3. The van der Waals surface area contributed by atoms with Gasteiger partial charge in [-0.05, 0) is 27.7 Å². The summed E-state index contributed by atoms with van der Waals surface area (Å²) in [6.45, 7) is 4.49. The largest absolute Gasteiger partial charge is 0.492 e. The molecule has 0 atom stereocenters. The molecule has 0 aromatic heterocycles. The van der Waals surface area contributed by atoms with Crippen LogP contribution in [0.3, 0.4) is 0 Å². The van der Waals surface area contributed by atoms with Crippen LogP contribution in [0.4, 0.5) is 5.69 Å². The summed E-state index contributed by atoms with van der Waals surface area (Å²) in [5.41, 5.74) is -0.0560. The molecule has 0 spiro atoms. The lowest BCUT2D eigenvalue weighted by Gasteiger charge is -2.22. The molecule has 0 aliphatic heterocycles. The zero-order valence-electron chi connectivity index (χ0n) is 9.64. The van der Waals surface area contributed by atoms with Crippen molar-refractivity contribution in [1.82, 2.24) is 0 Å². The van der Waals surface area contributed by atoms with Crippen LogP contribution in [0.1, 0.15) is 13.8 Å². The third-order valence-electron chi connectivity index (χ3n) is 2.17. The topological polar surface area (TPSA) is 52.4 Å². The molecule has 0 unspecified atom stereocenters. The average molecular weight is 320 g/mol. The fourth-order valence-corrected chi connectivity index (χ4v) is 1.49. The number of hydrogen-bond donors (Lipinski definition) is 1. The lowest BCUT2D eigenvalue weighted by molar-refractivity contribution is -0.385. The first-order valence-corrected chi connectivity index (χ1v) is 6.46. The molecule has 1 aromatic carbocycles. The van der Waals surface area contributed by atoms with Crippen molar-refractivity contribution in [3.05, 3.63) is 32.8 Å². The van der Waals surface area contributed by atoms with E-state index in [1.54, 1.807) is 6.07 Å². The molecule has 0 aliphatic rings. The fraction of sp³-hybridized carbons (Fsp3) is 0.455. The van der Waals surface area contributed by atoms with E-state index in [9.17, 15) is 10.1 Å². The number of nitro groups is 1. The Labute approximate surface area is 114 Å². The highest BCUT2D eigenvalue weighted by Gasteiger charge is 2.18. The van der Waals surface area contributed by atoms with Crippen molar-refractivity contribution in [3.8, 4) is 5.75 Å². The second-order valence-corrected chi connectivity index (χ2v) is 5.65. The molecule has 0 amide bonds. The summed E-state index contributed by atoms with van der Waals surface area (Å²) < 4.78 is 6.29. The van der Waals surface area contributed by atoms with Crippen LogP contribution in [-0.4, -0.2) is 17.3 Å². The first-order valence-electron chi connectivity index (χ1n) is 5.03. The lowest BCUT2D eigenvalue weighted by atomic mass is 9.98. The van der Waals surface area contributed by atoms with Gasteiger partial charge in [-0.25, -0.2) is 0 Å². The van der Waals surface area contributed by atoms with Crippen LogP contribution in [-0.2, 0) is 0 Å². The van der Waals surface area contributed by atoms with Gasteiger partial charge in [0, 0.05) is 11.5 Å². The van der Waals surface area contributed by atoms with E-state index in [2.05, 4.69) is 28.6 Å². The van der Waals surface area contributed by atoms with Crippen molar-refractivity contribution < 1.29 is 9.66 Å². The van der Waals surface area contributed by atoms with Crippen LogP contribution in [0.5, 0.6) is 5.75 Å². The Morgan fingerprint density at radius 1 is 1.53 bits per heavy atom. The van der Waals surface area contributed by atoms with E-state index in [-0.39, 0.29) is 11.1 Å². The summed E-state index contributed by atoms with van der Waals surface area (Å²) in [5, 5.41) is 10.6. The molecule has 0 bridgehead atoms. The Hall–Kier alpha value is -0.750. The molecule has 0 fully saturated rings. The highest BCUT2D eigenvalue weighted by Crippen LogP contribution is 2.30. The molecule has 0 saturated heterocycles. The van der Waals surface area contributed by atoms with E-state index >= 15 is 0 Å². The summed E-state index contributed by atoms with van der Waals surface area (Å²) in [6, 6.07) is 4.46. The van der Waals surface area contributed by atoms with Gasteiger partial charge in [-0.2, -0.15) is 12.6 Å². The summed E-state index contributed by atoms with van der Waals surface area (Å²) in [5.74, 6) is 1.16. The molecule has 17 heavy (non-hydrogen) atoms. The second-order valence-electron chi connectivity index (χ2n) is 4.48. The molecule has 0 radical (unpaired) electrons. The lowest BCUT2D eigenvalue weighted by Crippen LogP contribution is -2.23. The Balaban J connectivity index is 2.83. The third-order valence-corrected chi connectivity index (χ3v) is 3.68. The van der Waals surface area contributed by atoms with Gasteiger partial charge in [0.05, 0.1) is 22.1 Å². The third kappa shape index (κ3) is 4.20. The van der Waals surface area contributed by atoms with Gasteiger partial charge in [0.25, 0.3) is 5.69 Å². The van der Waals surface area contributed by atoms with Crippen LogP contribution in [0, 0.1) is 15.5 Å². The number of nitro benzene ring substituents is 1. The van der Waals surface area contributed by atoms with Crippen LogP contribution in [0.15, 0.2) is 22.7 Å². The number of hydrogen-bond acceptors (Lipinski definition) is 4. The monoisotopic (exact) mass is 319 g/mol. The minimum Gasteiger partial charge on any atom is -0.492 e. The Kier molecular flexibility index (Phi) is 4.82. The smallest absolute Gasteiger partial charge is 0.273 e. The van der Waals surface area contributed by atoms with Gasteiger partial charge in [-0.3, -0.25) is 10.1 Å². The molecule has 1 rings (SSSR count). The predicted octanol–water partition coefficient (Wildman–Crippen LogP) is 3.69. The quantitative estimate of drug-likeness (QED) is 0.511. The highest BCUT2D eigenvalue weighted by molar-refractivity contribution is 9.10. The van der Waals surface area contributed by atoms with E-state index in [0.29, 0.717) is 22.6 Å². The van der Waals surface area contributed by atoms with Crippen molar-refractivity contribution in [2.75, 3.05) is 12.4 Å². The molecule has 0 N–H and O–H groups in total. The maximum atomic E-state index is 10.6. The normalized spacial score (nSPS) is 11.3. The summed E-state index contributed by atoms with van der Waals surface area (Å²) >= 11 is 7.53. The molecular formula is C11H14BrNO3S. The SMILES string of the molecule is CC(C)(CS)COc1cc([N+](=O)[O-])ccc1Br. The van der Waals surface area contributed by atoms with Crippen LogP contribution in [0.25, 0.3) is 0 Å². The zero-order valence-corrected chi connectivity index (χ0v) is 12.1. The number of non-ortho nitro benzene ring substituents is 1. The molecule has 4 nitrogen and oxygen atoms in total. The maximum Gasteiger partial charge on any atom is 0.273 e.